The Hall–Kier alpha value is -0.900. The molecule has 134 valence electrons. The van der Waals surface area contributed by atoms with E-state index in [1.165, 1.54) is 31.2 Å². The Morgan fingerprint density at radius 1 is 1.21 bits per heavy atom. The average molecular weight is 331 g/mol. The Kier molecular flexibility index (Phi) is 6.31. The number of nitrogens with two attached hydrogens (primary N) is 1. The van der Waals surface area contributed by atoms with E-state index in [1.54, 1.807) is 0 Å². The van der Waals surface area contributed by atoms with E-state index in [1.807, 2.05) is 0 Å². The van der Waals surface area contributed by atoms with Crippen molar-refractivity contribution < 1.29 is 4.74 Å². The smallest absolute Gasteiger partial charge is 0.0903 e. The van der Waals surface area contributed by atoms with E-state index < -0.39 is 0 Å². The summed E-state index contributed by atoms with van der Waals surface area (Å²) in [6.07, 6.45) is 9.43. The first-order chi connectivity index (χ1) is 11.8. The fourth-order valence-corrected chi connectivity index (χ4v) is 4.76. The minimum Gasteiger partial charge on any atom is -0.373 e. The van der Waals surface area contributed by atoms with E-state index in [0.717, 1.165) is 38.8 Å². The minimum atomic E-state index is -0.0905. The van der Waals surface area contributed by atoms with E-state index in [4.69, 9.17) is 10.5 Å². The highest BCUT2D eigenvalue weighted by Crippen LogP contribution is 2.46. The lowest BCUT2D eigenvalue weighted by molar-refractivity contribution is -0.128. The van der Waals surface area contributed by atoms with Gasteiger partial charge in [0.25, 0.3) is 0 Å². The van der Waals surface area contributed by atoms with Gasteiger partial charge in [-0.3, -0.25) is 0 Å². The van der Waals surface area contributed by atoms with Crippen LogP contribution < -0.4 is 11.1 Å². The van der Waals surface area contributed by atoms with Gasteiger partial charge in [-0.15, -0.1) is 0 Å². The monoisotopic (exact) mass is 330 g/mol. The van der Waals surface area contributed by atoms with Crippen LogP contribution in [0.25, 0.3) is 0 Å². The van der Waals surface area contributed by atoms with Crippen LogP contribution in [0, 0.1) is 0 Å². The molecule has 4 atom stereocenters. The van der Waals surface area contributed by atoms with Crippen LogP contribution in [-0.2, 0) is 4.74 Å². The number of nitrogens with one attached hydrogen (secondary N) is 1. The van der Waals surface area contributed by atoms with Crippen molar-refractivity contribution in [2.24, 2.45) is 5.73 Å². The van der Waals surface area contributed by atoms with Gasteiger partial charge in [-0.1, -0.05) is 56.5 Å². The molecule has 2 fully saturated rings. The number of hydrogen-bond donors (Lipinski definition) is 2. The highest BCUT2D eigenvalue weighted by atomic mass is 16.5. The number of rotatable bonds is 6. The summed E-state index contributed by atoms with van der Waals surface area (Å²) in [5.41, 5.74) is 7.68. The maximum absolute atomic E-state index is 6.65. The normalized spacial score (nSPS) is 34.2. The fourth-order valence-electron chi connectivity index (χ4n) is 4.76. The van der Waals surface area contributed by atoms with Crippen LogP contribution in [0.5, 0.6) is 0 Å². The van der Waals surface area contributed by atoms with Crippen LogP contribution in [0.15, 0.2) is 30.3 Å². The maximum atomic E-state index is 6.65. The van der Waals surface area contributed by atoms with Crippen LogP contribution in [0.2, 0.25) is 0 Å². The van der Waals surface area contributed by atoms with E-state index in [-0.39, 0.29) is 5.60 Å². The van der Waals surface area contributed by atoms with E-state index >= 15 is 0 Å². The molecular formula is C21H34N2O. The summed E-state index contributed by atoms with van der Waals surface area (Å²) in [7, 11) is 0. The van der Waals surface area contributed by atoms with Gasteiger partial charge in [-0.2, -0.15) is 0 Å². The van der Waals surface area contributed by atoms with Crippen molar-refractivity contribution in [3.05, 3.63) is 35.9 Å². The first-order valence-corrected chi connectivity index (χ1v) is 9.94. The summed E-state index contributed by atoms with van der Waals surface area (Å²) in [6.45, 7) is 4.19. The Balaban J connectivity index is 1.90. The summed E-state index contributed by atoms with van der Waals surface area (Å²) < 4.78 is 6.65. The number of hydrogen-bond acceptors (Lipinski definition) is 3. The van der Waals surface area contributed by atoms with Gasteiger partial charge in [0.15, 0.2) is 0 Å². The van der Waals surface area contributed by atoms with Crippen molar-refractivity contribution in [1.29, 1.82) is 0 Å². The lowest BCUT2D eigenvalue weighted by Crippen LogP contribution is -2.61. The van der Waals surface area contributed by atoms with Gasteiger partial charge >= 0.3 is 0 Å². The standard InChI is InChI=1S/C21H34N2O/c1-2-3-7-13-21(20-16-18(22)12-14-23-20)19(11-8-15-24-21)17-9-5-4-6-10-17/h4-6,9-10,18-20,23H,2-3,7-8,11-16,22H2,1H3. The molecule has 3 N–H and O–H groups in total. The second kappa shape index (κ2) is 8.46. The lowest BCUT2D eigenvalue weighted by Gasteiger charge is -2.51. The molecule has 0 bridgehead atoms. The topological polar surface area (TPSA) is 47.3 Å². The zero-order valence-electron chi connectivity index (χ0n) is 15.2. The summed E-state index contributed by atoms with van der Waals surface area (Å²) in [5, 5.41) is 3.78. The van der Waals surface area contributed by atoms with Crippen LogP contribution in [0.4, 0.5) is 0 Å². The van der Waals surface area contributed by atoms with Crippen molar-refractivity contribution >= 4 is 0 Å². The molecule has 3 heteroatoms. The molecule has 0 radical (unpaired) electrons. The average Bonchev–Trinajstić information content (AvgIpc) is 2.63. The first kappa shape index (κ1) is 17.9. The van der Waals surface area contributed by atoms with E-state index in [0.29, 0.717) is 18.0 Å². The molecule has 0 spiro atoms. The van der Waals surface area contributed by atoms with E-state index in [9.17, 15) is 0 Å². The van der Waals surface area contributed by atoms with Crippen molar-refractivity contribution in [3.63, 3.8) is 0 Å². The fraction of sp³-hybridized carbons (Fsp3) is 0.714. The Morgan fingerprint density at radius 3 is 2.79 bits per heavy atom. The number of piperidine rings is 1. The maximum Gasteiger partial charge on any atom is 0.0903 e. The van der Waals surface area contributed by atoms with Gasteiger partial charge in [-0.05, 0) is 44.2 Å². The zero-order chi connectivity index (χ0) is 16.8. The highest BCUT2D eigenvalue weighted by Gasteiger charge is 2.49. The third kappa shape index (κ3) is 3.84. The predicted octanol–water partition coefficient (Wildman–Crippen LogP) is 3.98. The first-order valence-electron chi connectivity index (χ1n) is 9.94. The largest absolute Gasteiger partial charge is 0.373 e. The molecule has 2 heterocycles. The van der Waals surface area contributed by atoms with Gasteiger partial charge < -0.3 is 15.8 Å². The number of unbranched alkanes of at least 4 members (excludes halogenated alkanes) is 2. The highest BCUT2D eigenvalue weighted by molar-refractivity contribution is 5.26. The molecule has 1 aromatic carbocycles. The lowest BCUT2D eigenvalue weighted by atomic mass is 9.68. The number of ether oxygens (including phenoxy) is 1. The van der Waals surface area contributed by atoms with Crippen LogP contribution in [-0.4, -0.2) is 30.8 Å². The molecule has 0 saturated carbocycles. The minimum absolute atomic E-state index is 0.0905. The zero-order valence-corrected chi connectivity index (χ0v) is 15.2. The molecular weight excluding hydrogens is 296 g/mol. The predicted molar refractivity (Wildman–Crippen MR) is 100 cm³/mol. The third-order valence-electron chi connectivity index (χ3n) is 6.00. The Morgan fingerprint density at radius 2 is 2.04 bits per heavy atom. The van der Waals surface area contributed by atoms with Crippen LogP contribution in [0.1, 0.15) is 69.8 Å². The van der Waals surface area contributed by atoms with Crippen molar-refractivity contribution in [2.45, 2.75) is 81.9 Å². The second-order valence-electron chi connectivity index (χ2n) is 7.66. The van der Waals surface area contributed by atoms with Gasteiger partial charge in [0.1, 0.15) is 0 Å². The molecule has 0 amide bonds. The van der Waals surface area contributed by atoms with Crippen molar-refractivity contribution in [1.82, 2.24) is 5.32 Å². The Labute approximate surface area is 147 Å². The molecule has 3 nitrogen and oxygen atoms in total. The second-order valence-corrected chi connectivity index (χ2v) is 7.66. The van der Waals surface area contributed by atoms with Crippen LogP contribution >= 0.6 is 0 Å². The van der Waals surface area contributed by atoms with Crippen molar-refractivity contribution in [2.75, 3.05) is 13.2 Å². The summed E-state index contributed by atoms with van der Waals surface area (Å²) in [4.78, 5) is 0. The summed E-state index contributed by atoms with van der Waals surface area (Å²) in [5.74, 6) is 0.479. The molecule has 3 rings (SSSR count). The molecule has 0 aliphatic carbocycles. The SMILES string of the molecule is CCCCCC1(C2CC(N)CCN2)OCCCC1c1ccccc1. The molecule has 2 aliphatic heterocycles. The van der Waals surface area contributed by atoms with E-state index in [2.05, 4.69) is 42.6 Å². The van der Waals surface area contributed by atoms with Crippen LogP contribution in [0.3, 0.4) is 0 Å². The quantitative estimate of drug-likeness (QED) is 0.776. The number of benzene rings is 1. The van der Waals surface area contributed by atoms with Gasteiger partial charge in [0.2, 0.25) is 0 Å². The van der Waals surface area contributed by atoms with Gasteiger partial charge in [-0.25, -0.2) is 0 Å². The Bertz CT molecular complexity index is 492. The third-order valence-corrected chi connectivity index (χ3v) is 6.00. The molecule has 2 saturated heterocycles. The van der Waals surface area contributed by atoms with Gasteiger partial charge in [0, 0.05) is 24.6 Å². The molecule has 4 unspecified atom stereocenters. The molecule has 24 heavy (non-hydrogen) atoms. The summed E-state index contributed by atoms with van der Waals surface area (Å²) in [6, 6.07) is 11.7. The summed E-state index contributed by atoms with van der Waals surface area (Å²) >= 11 is 0. The molecule has 2 aliphatic rings. The van der Waals surface area contributed by atoms with Gasteiger partial charge in [0.05, 0.1) is 5.60 Å². The molecule has 1 aromatic rings. The molecule has 0 aromatic heterocycles. The van der Waals surface area contributed by atoms with Crippen molar-refractivity contribution in [3.8, 4) is 0 Å².